The molecule has 0 aliphatic heterocycles. The molecule has 0 spiro atoms. The number of nitro benzene ring substituents is 1. The monoisotopic (exact) mass is 323 g/mol. The van der Waals surface area contributed by atoms with Gasteiger partial charge < -0.3 is 15.6 Å². The van der Waals surface area contributed by atoms with E-state index in [2.05, 4.69) is 10.3 Å². The van der Waals surface area contributed by atoms with Crippen LogP contribution in [0.4, 0.5) is 17.1 Å². The molecule has 8 nitrogen and oxygen atoms in total. The normalized spacial score (nSPS) is 10.3. The fourth-order valence-electron chi connectivity index (χ4n) is 2.18. The Morgan fingerprint density at radius 1 is 1.21 bits per heavy atom. The van der Waals surface area contributed by atoms with Crippen molar-refractivity contribution in [1.82, 2.24) is 9.55 Å². The van der Waals surface area contributed by atoms with Crippen molar-refractivity contribution in [1.29, 1.82) is 0 Å². The SMILES string of the molecule is Nc1ccc(C(=O)Nc2ccc(-n3ccnc3)cc2)cc1[N+](=O)[O-]. The largest absolute Gasteiger partial charge is 0.393 e. The first kappa shape index (κ1) is 15.2. The quantitative estimate of drug-likeness (QED) is 0.435. The van der Waals surface area contributed by atoms with Gasteiger partial charge in [0.25, 0.3) is 11.6 Å². The number of hydrogen-bond acceptors (Lipinski definition) is 5. The molecule has 0 radical (unpaired) electrons. The van der Waals surface area contributed by atoms with Gasteiger partial charge in [-0.2, -0.15) is 0 Å². The van der Waals surface area contributed by atoms with E-state index in [4.69, 9.17) is 5.73 Å². The van der Waals surface area contributed by atoms with Crippen molar-refractivity contribution in [3.05, 3.63) is 76.9 Å². The average molecular weight is 323 g/mol. The fourth-order valence-corrected chi connectivity index (χ4v) is 2.18. The maximum atomic E-state index is 12.2. The molecule has 0 bridgehead atoms. The van der Waals surface area contributed by atoms with Crippen LogP contribution in [0.25, 0.3) is 5.69 Å². The Morgan fingerprint density at radius 2 is 1.96 bits per heavy atom. The highest BCUT2D eigenvalue weighted by molar-refractivity contribution is 6.05. The van der Waals surface area contributed by atoms with Gasteiger partial charge in [0.05, 0.1) is 11.3 Å². The number of carbonyl (C=O) groups excluding carboxylic acids is 1. The molecule has 0 fully saturated rings. The van der Waals surface area contributed by atoms with Crippen LogP contribution in [0.2, 0.25) is 0 Å². The van der Waals surface area contributed by atoms with E-state index < -0.39 is 10.8 Å². The predicted molar refractivity (Wildman–Crippen MR) is 89.0 cm³/mol. The lowest BCUT2D eigenvalue weighted by Crippen LogP contribution is -2.12. The predicted octanol–water partition coefficient (Wildman–Crippen LogP) is 2.62. The summed E-state index contributed by atoms with van der Waals surface area (Å²) in [5.74, 6) is -0.450. The molecule has 0 atom stereocenters. The van der Waals surface area contributed by atoms with Crippen LogP contribution >= 0.6 is 0 Å². The molecule has 1 heterocycles. The highest BCUT2D eigenvalue weighted by Gasteiger charge is 2.15. The van der Waals surface area contributed by atoms with Crippen LogP contribution in [0, 0.1) is 10.1 Å². The third-order valence-corrected chi connectivity index (χ3v) is 3.42. The molecule has 1 amide bonds. The molecule has 0 saturated heterocycles. The molecule has 120 valence electrons. The summed E-state index contributed by atoms with van der Waals surface area (Å²) in [4.78, 5) is 26.5. The standard InChI is InChI=1S/C16H13N5O3/c17-14-6-1-11(9-15(14)21(23)24)16(22)19-12-2-4-13(5-3-12)20-8-7-18-10-20/h1-10H,17H2,(H,19,22). The van der Waals surface area contributed by atoms with Crippen molar-refractivity contribution < 1.29 is 9.72 Å². The molecule has 1 aromatic heterocycles. The molecule has 0 aliphatic carbocycles. The number of amides is 1. The van der Waals surface area contributed by atoms with Crippen LogP contribution in [-0.4, -0.2) is 20.4 Å². The second-order valence-electron chi connectivity index (χ2n) is 5.00. The van der Waals surface area contributed by atoms with Crippen LogP contribution < -0.4 is 11.1 Å². The first-order valence-corrected chi connectivity index (χ1v) is 6.98. The number of carbonyl (C=O) groups is 1. The first-order valence-electron chi connectivity index (χ1n) is 6.98. The number of rotatable bonds is 4. The Bertz CT molecular complexity index is 889. The smallest absolute Gasteiger partial charge is 0.292 e. The molecule has 24 heavy (non-hydrogen) atoms. The van der Waals surface area contributed by atoms with Crippen LogP contribution in [0.5, 0.6) is 0 Å². The van der Waals surface area contributed by atoms with Crippen LogP contribution in [0.3, 0.4) is 0 Å². The van der Waals surface area contributed by atoms with Crippen molar-refractivity contribution in [2.75, 3.05) is 11.1 Å². The minimum atomic E-state index is -0.619. The van der Waals surface area contributed by atoms with Gasteiger partial charge in [0.15, 0.2) is 0 Å². The second-order valence-corrected chi connectivity index (χ2v) is 5.00. The summed E-state index contributed by atoms with van der Waals surface area (Å²) in [5.41, 5.74) is 6.88. The van der Waals surface area contributed by atoms with Gasteiger partial charge in [0.2, 0.25) is 0 Å². The summed E-state index contributed by atoms with van der Waals surface area (Å²) in [6.07, 6.45) is 5.14. The zero-order chi connectivity index (χ0) is 17.1. The Kier molecular flexibility index (Phi) is 3.94. The van der Waals surface area contributed by atoms with E-state index in [1.54, 1.807) is 30.9 Å². The number of aromatic nitrogens is 2. The number of nitrogens with two attached hydrogens (primary N) is 1. The van der Waals surface area contributed by atoms with Gasteiger partial charge in [-0.1, -0.05) is 0 Å². The Balaban J connectivity index is 1.77. The first-order chi connectivity index (χ1) is 11.5. The second kappa shape index (κ2) is 6.21. The summed E-state index contributed by atoms with van der Waals surface area (Å²) in [5, 5.41) is 13.6. The Morgan fingerprint density at radius 3 is 2.58 bits per heavy atom. The topological polar surface area (TPSA) is 116 Å². The summed E-state index contributed by atoms with van der Waals surface area (Å²) in [7, 11) is 0. The minimum Gasteiger partial charge on any atom is -0.393 e. The molecule has 0 saturated carbocycles. The zero-order valence-electron chi connectivity index (χ0n) is 12.4. The minimum absolute atomic E-state index is 0.0150. The van der Waals surface area contributed by atoms with E-state index in [1.165, 1.54) is 12.1 Å². The summed E-state index contributed by atoms with van der Waals surface area (Å²) in [6.45, 7) is 0. The van der Waals surface area contributed by atoms with Gasteiger partial charge in [-0.3, -0.25) is 14.9 Å². The van der Waals surface area contributed by atoms with Crippen molar-refractivity contribution in [2.45, 2.75) is 0 Å². The number of imidazole rings is 1. The van der Waals surface area contributed by atoms with Gasteiger partial charge in [-0.15, -0.1) is 0 Å². The maximum absolute atomic E-state index is 12.2. The van der Waals surface area contributed by atoms with Crippen molar-refractivity contribution in [2.24, 2.45) is 0 Å². The third-order valence-electron chi connectivity index (χ3n) is 3.42. The van der Waals surface area contributed by atoms with E-state index in [1.807, 2.05) is 16.7 Å². The molecule has 0 aliphatic rings. The van der Waals surface area contributed by atoms with Gasteiger partial charge in [0.1, 0.15) is 5.69 Å². The molecular weight excluding hydrogens is 310 g/mol. The molecule has 3 N–H and O–H groups in total. The highest BCUT2D eigenvalue weighted by atomic mass is 16.6. The molecule has 3 rings (SSSR count). The van der Waals surface area contributed by atoms with E-state index in [-0.39, 0.29) is 16.9 Å². The lowest BCUT2D eigenvalue weighted by atomic mass is 10.1. The van der Waals surface area contributed by atoms with E-state index >= 15 is 0 Å². The summed E-state index contributed by atoms with van der Waals surface area (Å²) < 4.78 is 1.83. The van der Waals surface area contributed by atoms with Gasteiger partial charge >= 0.3 is 0 Å². The van der Waals surface area contributed by atoms with Gasteiger partial charge in [0, 0.05) is 35.4 Å². The number of anilines is 2. The van der Waals surface area contributed by atoms with Crippen molar-refractivity contribution >= 4 is 23.0 Å². The molecule has 8 heteroatoms. The number of nitrogens with one attached hydrogen (secondary N) is 1. The van der Waals surface area contributed by atoms with E-state index in [0.29, 0.717) is 5.69 Å². The Hall–Kier alpha value is -3.68. The lowest BCUT2D eigenvalue weighted by Gasteiger charge is -2.07. The van der Waals surface area contributed by atoms with E-state index in [0.717, 1.165) is 11.8 Å². The number of nitrogen functional groups attached to an aromatic ring is 1. The van der Waals surface area contributed by atoms with Gasteiger partial charge in [-0.25, -0.2) is 4.98 Å². The fraction of sp³-hybridized carbons (Fsp3) is 0. The van der Waals surface area contributed by atoms with Crippen molar-refractivity contribution in [3.8, 4) is 5.69 Å². The molecule has 2 aromatic carbocycles. The zero-order valence-corrected chi connectivity index (χ0v) is 12.4. The maximum Gasteiger partial charge on any atom is 0.292 e. The number of benzene rings is 2. The average Bonchev–Trinajstić information content (AvgIpc) is 3.10. The molecular formula is C16H13N5O3. The molecule has 3 aromatic rings. The van der Waals surface area contributed by atoms with Crippen LogP contribution in [0.15, 0.2) is 61.2 Å². The summed E-state index contributed by atoms with van der Waals surface area (Å²) in [6, 6.07) is 11.1. The Labute approximate surface area is 136 Å². The van der Waals surface area contributed by atoms with Crippen LogP contribution in [0.1, 0.15) is 10.4 Å². The van der Waals surface area contributed by atoms with E-state index in [9.17, 15) is 14.9 Å². The number of hydrogen-bond donors (Lipinski definition) is 2. The number of nitro groups is 1. The third kappa shape index (κ3) is 3.07. The van der Waals surface area contributed by atoms with Gasteiger partial charge in [-0.05, 0) is 36.4 Å². The number of nitrogens with zero attached hydrogens (tertiary/aromatic N) is 3. The lowest BCUT2D eigenvalue weighted by molar-refractivity contribution is -0.383. The summed E-state index contributed by atoms with van der Waals surface area (Å²) >= 11 is 0. The molecule has 0 unspecified atom stereocenters. The van der Waals surface area contributed by atoms with Crippen molar-refractivity contribution in [3.63, 3.8) is 0 Å². The van der Waals surface area contributed by atoms with Crippen LogP contribution in [-0.2, 0) is 0 Å². The highest BCUT2D eigenvalue weighted by Crippen LogP contribution is 2.23.